The van der Waals surface area contributed by atoms with E-state index in [9.17, 15) is 14.4 Å². The minimum atomic E-state index is -0.917. The van der Waals surface area contributed by atoms with Crippen LogP contribution in [0.3, 0.4) is 0 Å². The van der Waals surface area contributed by atoms with Crippen LogP contribution in [-0.4, -0.2) is 38.0 Å². The molecule has 166 valence electrons. The second-order valence-electron chi connectivity index (χ2n) is 8.27. The molecule has 0 aromatic heterocycles. The van der Waals surface area contributed by atoms with E-state index in [2.05, 4.69) is 5.32 Å². The van der Waals surface area contributed by atoms with Gasteiger partial charge in [-0.1, -0.05) is 19.1 Å². The standard InChI is InChI=1S/C24H29NO6/c1-12(2)31-24(28)19-14(4)25-17-10-13(3)18(23(27)30-6)22(26)21(17)20(19)15-8-7-9-16(11-15)29-5/h7-9,11-13,18,20,25H,10H2,1-6H3/t13-,18-,20-/m0/s1. The number of nitrogens with one attached hydrogen (secondary N) is 1. The van der Waals surface area contributed by atoms with Crippen LogP contribution < -0.4 is 10.1 Å². The van der Waals surface area contributed by atoms with Gasteiger partial charge < -0.3 is 19.5 Å². The lowest BCUT2D eigenvalue weighted by Crippen LogP contribution is -2.43. The molecule has 1 heterocycles. The number of ketones is 1. The Labute approximate surface area is 182 Å². The number of hydrogen-bond donors (Lipinski definition) is 1. The fraction of sp³-hybridized carbons (Fsp3) is 0.458. The molecule has 31 heavy (non-hydrogen) atoms. The second-order valence-corrected chi connectivity index (χ2v) is 8.27. The molecule has 3 atom stereocenters. The third-order valence-electron chi connectivity index (χ3n) is 5.73. The highest BCUT2D eigenvalue weighted by Crippen LogP contribution is 2.46. The van der Waals surface area contributed by atoms with Crippen LogP contribution in [0.4, 0.5) is 0 Å². The summed E-state index contributed by atoms with van der Waals surface area (Å²) in [6.07, 6.45) is 0.171. The molecule has 2 aliphatic rings. The molecule has 7 heteroatoms. The first-order valence-electron chi connectivity index (χ1n) is 10.4. The lowest BCUT2D eigenvalue weighted by atomic mass is 9.69. The molecule has 1 aromatic carbocycles. The first-order chi connectivity index (χ1) is 14.7. The summed E-state index contributed by atoms with van der Waals surface area (Å²) >= 11 is 0. The summed E-state index contributed by atoms with van der Waals surface area (Å²) in [4.78, 5) is 39.1. The van der Waals surface area contributed by atoms with Crippen molar-refractivity contribution in [3.05, 3.63) is 52.4 Å². The third-order valence-corrected chi connectivity index (χ3v) is 5.73. The van der Waals surface area contributed by atoms with Crippen LogP contribution in [0, 0.1) is 11.8 Å². The molecule has 0 saturated carbocycles. The molecular weight excluding hydrogens is 398 g/mol. The molecule has 1 aliphatic heterocycles. The van der Waals surface area contributed by atoms with E-state index in [0.717, 1.165) is 11.3 Å². The maximum absolute atomic E-state index is 13.6. The zero-order chi connectivity index (χ0) is 22.9. The quantitative estimate of drug-likeness (QED) is 0.570. The topological polar surface area (TPSA) is 90.9 Å². The summed E-state index contributed by atoms with van der Waals surface area (Å²) in [5.74, 6) is -2.61. The van der Waals surface area contributed by atoms with Crippen LogP contribution in [0.5, 0.6) is 5.75 Å². The highest BCUT2D eigenvalue weighted by molar-refractivity contribution is 6.12. The third kappa shape index (κ3) is 4.22. The summed E-state index contributed by atoms with van der Waals surface area (Å²) in [6, 6.07) is 7.25. The van der Waals surface area contributed by atoms with E-state index in [1.165, 1.54) is 7.11 Å². The molecular formula is C24H29NO6. The molecule has 0 amide bonds. The Kier molecular flexibility index (Phi) is 6.53. The van der Waals surface area contributed by atoms with Crippen LogP contribution in [-0.2, 0) is 23.9 Å². The van der Waals surface area contributed by atoms with Crippen molar-refractivity contribution in [1.29, 1.82) is 0 Å². The van der Waals surface area contributed by atoms with Crippen LogP contribution in [0.1, 0.15) is 45.6 Å². The van der Waals surface area contributed by atoms with E-state index in [1.54, 1.807) is 40.0 Å². The van der Waals surface area contributed by atoms with Gasteiger partial charge in [-0.25, -0.2) is 4.79 Å². The lowest BCUT2D eigenvalue weighted by molar-refractivity contribution is -0.151. The first kappa shape index (κ1) is 22.6. The van der Waals surface area contributed by atoms with Gasteiger partial charge in [-0.3, -0.25) is 9.59 Å². The number of dihydropyridines is 1. The van der Waals surface area contributed by atoms with Crippen molar-refractivity contribution in [3.8, 4) is 5.75 Å². The molecule has 0 unspecified atom stereocenters. The van der Waals surface area contributed by atoms with E-state index in [1.807, 2.05) is 19.1 Å². The number of Topliss-reactive ketones (excluding diaryl/α,β-unsaturated/α-hetero) is 1. The minimum Gasteiger partial charge on any atom is -0.497 e. The molecule has 1 N–H and O–H groups in total. The predicted octanol–water partition coefficient (Wildman–Crippen LogP) is 3.26. The van der Waals surface area contributed by atoms with Crippen molar-refractivity contribution in [2.45, 2.75) is 46.1 Å². The van der Waals surface area contributed by atoms with Crippen molar-refractivity contribution in [1.82, 2.24) is 5.32 Å². The predicted molar refractivity (Wildman–Crippen MR) is 114 cm³/mol. The number of methoxy groups -OCH3 is 2. The molecule has 1 aliphatic carbocycles. The number of carbonyl (C=O) groups excluding carboxylic acids is 3. The van der Waals surface area contributed by atoms with Crippen LogP contribution in [0.25, 0.3) is 0 Å². The van der Waals surface area contributed by atoms with E-state index >= 15 is 0 Å². The number of rotatable bonds is 5. The van der Waals surface area contributed by atoms with Crippen molar-refractivity contribution >= 4 is 17.7 Å². The van der Waals surface area contributed by atoms with Crippen LogP contribution in [0.15, 0.2) is 46.8 Å². The van der Waals surface area contributed by atoms with Gasteiger partial charge in [0.05, 0.1) is 25.9 Å². The average Bonchev–Trinajstić information content (AvgIpc) is 2.71. The maximum atomic E-state index is 13.6. The first-order valence-corrected chi connectivity index (χ1v) is 10.4. The Balaban J connectivity index is 2.20. The average molecular weight is 427 g/mol. The fourth-order valence-electron chi connectivity index (χ4n) is 4.38. The fourth-order valence-corrected chi connectivity index (χ4v) is 4.38. The van der Waals surface area contributed by atoms with Crippen LogP contribution in [0.2, 0.25) is 0 Å². The van der Waals surface area contributed by atoms with Gasteiger partial charge in [-0.15, -0.1) is 0 Å². The van der Waals surface area contributed by atoms with Crippen molar-refractivity contribution in [2.75, 3.05) is 14.2 Å². The molecule has 0 fully saturated rings. The van der Waals surface area contributed by atoms with Crippen molar-refractivity contribution < 1.29 is 28.6 Å². The Bertz CT molecular complexity index is 974. The Morgan fingerprint density at radius 3 is 2.52 bits per heavy atom. The van der Waals surface area contributed by atoms with Gasteiger partial charge in [-0.05, 0) is 50.8 Å². The van der Waals surface area contributed by atoms with Gasteiger partial charge >= 0.3 is 11.9 Å². The van der Waals surface area contributed by atoms with Gasteiger partial charge in [-0.2, -0.15) is 0 Å². The second kappa shape index (κ2) is 8.96. The van der Waals surface area contributed by atoms with Gasteiger partial charge in [0.2, 0.25) is 0 Å². The van der Waals surface area contributed by atoms with E-state index in [4.69, 9.17) is 14.2 Å². The summed E-state index contributed by atoms with van der Waals surface area (Å²) in [5.41, 5.74) is 2.84. The van der Waals surface area contributed by atoms with E-state index in [-0.39, 0.29) is 17.8 Å². The number of hydrogen-bond acceptors (Lipinski definition) is 7. The molecule has 1 aromatic rings. The molecule has 7 nitrogen and oxygen atoms in total. The number of carbonyl (C=O) groups is 3. The zero-order valence-corrected chi connectivity index (χ0v) is 18.8. The Hall–Kier alpha value is -3.09. The Morgan fingerprint density at radius 2 is 1.90 bits per heavy atom. The molecule has 3 rings (SSSR count). The number of benzene rings is 1. The normalized spacial score (nSPS) is 23.3. The Morgan fingerprint density at radius 1 is 1.19 bits per heavy atom. The molecule has 0 bridgehead atoms. The number of esters is 2. The van der Waals surface area contributed by atoms with Crippen molar-refractivity contribution in [3.63, 3.8) is 0 Å². The lowest BCUT2D eigenvalue weighted by Gasteiger charge is -2.38. The largest absolute Gasteiger partial charge is 0.497 e. The van der Waals surface area contributed by atoms with Gasteiger partial charge in [0.1, 0.15) is 11.7 Å². The highest BCUT2D eigenvalue weighted by atomic mass is 16.5. The number of allylic oxidation sites excluding steroid dienone is 3. The summed E-state index contributed by atoms with van der Waals surface area (Å²) < 4.78 is 15.8. The molecule has 0 spiro atoms. The zero-order valence-electron chi connectivity index (χ0n) is 18.8. The smallest absolute Gasteiger partial charge is 0.337 e. The SMILES string of the molecule is COC(=O)[C@@H]1C(=O)C2=C(C[C@@H]1C)NC(C)=C(C(=O)OC(C)C)[C@@H]2c1cccc(OC)c1. The monoisotopic (exact) mass is 427 g/mol. The summed E-state index contributed by atoms with van der Waals surface area (Å²) in [6.45, 7) is 7.20. The minimum absolute atomic E-state index is 0.228. The van der Waals surface area contributed by atoms with Gasteiger partial charge in [0.25, 0.3) is 0 Å². The summed E-state index contributed by atoms with van der Waals surface area (Å²) in [7, 11) is 2.84. The van der Waals surface area contributed by atoms with Crippen molar-refractivity contribution in [2.24, 2.45) is 11.8 Å². The van der Waals surface area contributed by atoms with Gasteiger partial charge in [0.15, 0.2) is 5.78 Å². The van der Waals surface area contributed by atoms with E-state index in [0.29, 0.717) is 29.0 Å². The van der Waals surface area contributed by atoms with Crippen LogP contribution >= 0.6 is 0 Å². The molecule has 0 saturated heterocycles. The summed E-state index contributed by atoms with van der Waals surface area (Å²) in [5, 5.41) is 3.24. The maximum Gasteiger partial charge on any atom is 0.337 e. The highest BCUT2D eigenvalue weighted by Gasteiger charge is 2.47. The van der Waals surface area contributed by atoms with E-state index < -0.39 is 23.8 Å². The van der Waals surface area contributed by atoms with Gasteiger partial charge in [0, 0.05) is 22.9 Å². The number of ether oxygens (including phenoxy) is 3. The molecule has 0 radical (unpaired) electrons.